The van der Waals surface area contributed by atoms with Crippen LogP contribution >= 0.6 is 0 Å². The van der Waals surface area contributed by atoms with E-state index in [1.807, 2.05) is 12.1 Å². The molecule has 4 heterocycles. The third kappa shape index (κ3) is 3.22. The van der Waals surface area contributed by atoms with Gasteiger partial charge in [0, 0.05) is 13.1 Å². The molecule has 0 unspecified atom stereocenters. The van der Waals surface area contributed by atoms with Crippen molar-refractivity contribution in [3.63, 3.8) is 0 Å². The molecule has 1 N–H and O–H groups in total. The Labute approximate surface area is 164 Å². The summed E-state index contributed by atoms with van der Waals surface area (Å²) in [6.45, 7) is 1.99. The number of aromatic nitrogens is 5. The maximum Gasteiger partial charge on any atom is 0.420 e. The molecular weight excluding hydrogens is 374 g/mol. The van der Waals surface area contributed by atoms with Crippen LogP contribution in [0.15, 0.2) is 45.6 Å². The summed E-state index contributed by atoms with van der Waals surface area (Å²) in [4.78, 5) is 26.7. The molecule has 1 fully saturated rings. The zero-order valence-electron chi connectivity index (χ0n) is 15.6. The van der Waals surface area contributed by atoms with Gasteiger partial charge < -0.3 is 14.6 Å². The van der Waals surface area contributed by atoms with Crippen LogP contribution in [0.3, 0.4) is 0 Å². The normalized spacial score (nSPS) is 14.1. The number of anilines is 1. The molecule has 3 aromatic heterocycles. The quantitative estimate of drug-likeness (QED) is 0.537. The van der Waals surface area contributed by atoms with Crippen molar-refractivity contribution < 1.29 is 9.21 Å². The highest BCUT2D eigenvalue weighted by atomic mass is 16.4. The molecule has 1 saturated heterocycles. The average molecular weight is 393 g/mol. The first-order valence-corrected chi connectivity index (χ1v) is 9.50. The zero-order valence-corrected chi connectivity index (χ0v) is 15.6. The van der Waals surface area contributed by atoms with Crippen molar-refractivity contribution in [2.75, 3.05) is 18.0 Å². The Morgan fingerprint density at radius 2 is 1.93 bits per heavy atom. The molecule has 29 heavy (non-hydrogen) atoms. The number of hydrogen-bond acceptors (Lipinski definition) is 7. The molecule has 1 aliphatic heterocycles. The Morgan fingerprint density at radius 3 is 2.79 bits per heavy atom. The molecule has 0 spiro atoms. The number of nitrogens with zero attached hydrogens (tertiary/aromatic N) is 6. The van der Waals surface area contributed by atoms with Gasteiger partial charge in [-0.1, -0.05) is 12.1 Å². The molecule has 0 atom stereocenters. The summed E-state index contributed by atoms with van der Waals surface area (Å²) < 4.78 is 8.10. The van der Waals surface area contributed by atoms with Crippen LogP contribution < -0.4 is 16.0 Å². The van der Waals surface area contributed by atoms with Crippen molar-refractivity contribution >= 4 is 28.5 Å². The first-order valence-electron chi connectivity index (χ1n) is 9.50. The van der Waals surface area contributed by atoms with Crippen LogP contribution in [0.5, 0.6) is 0 Å². The van der Waals surface area contributed by atoms with Gasteiger partial charge in [0.25, 0.3) is 0 Å². The fourth-order valence-electron chi connectivity index (χ4n) is 3.59. The molecule has 4 aromatic rings. The number of hydrogen-bond donors (Lipinski definition) is 1. The van der Waals surface area contributed by atoms with Crippen LogP contribution in [0, 0.1) is 0 Å². The number of benzene rings is 1. The summed E-state index contributed by atoms with van der Waals surface area (Å²) in [5.41, 5.74) is 1.65. The molecule has 10 heteroatoms. The van der Waals surface area contributed by atoms with E-state index in [0.29, 0.717) is 22.6 Å². The third-order valence-corrected chi connectivity index (χ3v) is 5.06. The fourth-order valence-corrected chi connectivity index (χ4v) is 3.59. The van der Waals surface area contributed by atoms with Gasteiger partial charge >= 0.3 is 5.76 Å². The molecule has 0 bridgehead atoms. The molecule has 0 aliphatic carbocycles. The van der Waals surface area contributed by atoms with Gasteiger partial charge in [-0.2, -0.15) is 4.52 Å². The Kier molecular flexibility index (Phi) is 4.23. The molecule has 10 nitrogen and oxygen atoms in total. The van der Waals surface area contributed by atoms with E-state index in [1.165, 1.54) is 4.57 Å². The molecule has 5 rings (SSSR count). The van der Waals surface area contributed by atoms with Gasteiger partial charge in [-0.25, -0.2) is 4.79 Å². The van der Waals surface area contributed by atoms with Crippen molar-refractivity contribution in [3.05, 3.63) is 52.8 Å². The third-order valence-electron chi connectivity index (χ3n) is 5.06. The van der Waals surface area contributed by atoms with Gasteiger partial charge in [0.05, 0.1) is 12.1 Å². The topological polar surface area (TPSA) is 111 Å². The molecule has 1 aliphatic rings. The van der Waals surface area contributed by atoms with Crippen LogP contribution in [-0.2, 0) is 17.9 Å². The second-order valence-electron chi connectivity index (χ2n) is 6.97. The smallest absolute Gasteiger partial charge is 0.408 e. The van der Waals surface area contributed by atoms with Crippen molar-refractivity contribution in [3.8, 4) is 0 Å². The highest BCUT2D eigenvalue weighted by Crippen LogP contribution is 2.18. The lowest BCUT2D eigenvalue weighted by molar-refractivity contribution is -0.121. The zero-order chi connectivity index (χ0) is 19.8. The SMILES string of the molecule is O=C(Cn1c(=O)oc2ccccc21)NCc1nnc2ccc(N3CCCC3)nn12. The van der Waals surface area contributed by atoms with Crippen molar-refractivity contribution in [2.45, 2.75) is 25.9 Å². The molecule has 148 valence electrons. The van der Waals surface area contributed by atoms with E-state index in [9.17, 15) is 9.59 Å². The number of carbonyl (C=O) groups excluding carboxylic acids is 1. The Hall–Kier alpha value is -3.69. The summed E-state index contributed by atoms with van der Waals surface area (Å²) >= 11 is 0. The second kappa shape index (κ2) is 7.04. The largest absolute Gasteiger partial charge is 0.420 e. The van der Waals surface area contributed by atoms with E-state index in [0.717, 1.165) is 31.7 Å². The predicted molar refractivity (Wildman–Crippen MR) is 105 cm³/mol. The molecule has 0 saturated carbocycles. The standard InChI is InChI=1S/C19H19N7O3/c27-18(12-25-13-5-1-2-6-14(13)29-19(25)28)20-11-17-22-21-15-7-8-16(23-26(15)17)24-9-3-4-10-24/h1-2,5-8H,3-4,9-12H2,(H,20,27). The van der Waals surface area contributed by atoms with E-state index >= 15 is 0 Å². The second-order valence-corrected chi connectivity index (χ2v) is 6.97. The van der Waals surface area contributed by atoms with E-state index in [1.54, 1.807) is 28.8 Å². The maximum absolute atomic E-state index is 12.4. The van der Waals surface area contributed by atoms with Gasteiger partial charge in [0.2, 0.25) is 5.91 Å². The monoisotopic (exact) mass is 393 g/mol. The van der Waals surface area contributed by atoms with Crippen LogP contribution in [-0.4, -0.2) is 43.4 Å². The van der Waals surface area contributed by atoms with Crippen molar-refractivity contribution in [2.24, 2.45) is 0 Å². The van der Waals surface area contributed by atoms with Gasteiger partial charge in [0.1, 0.15) is 12.4 Å². The predicted octanol–water partition coefficient (Wildman–Crippen LogP) is 0.949. The number of rotatable bonds is 5. The molecule has 0 radical (unpaired) electrons. The van der Waals surface area contributed by atoms with Gasteiger partial charge in [-0.3, -0.25) is 9.36 Å². The summed E-state index contributed by atoms with van der Waals surface area (Å²) in [6.07, 6.45) is 2.32. The Bertz CT molecular complexity index is 1250. The number of oxazole rings is 1. The number of fused-ring (bicyclic) bond motifs is 2. The Morgan fingerprint density at radius 1 is 1.10 bits per heavy atom. The molecule has 1 aromatic carbocycles. The van der Waals surface area contributed by atoms with E-state index in [-0.39, 0.29) is 19.0 Å². The highest BCUT2D eigenvalue weighted by molar-refractivity contribution is 5.79. The van der Waals surface area contributed by atoms with Crippen LogP contribution in [0.25, 0.3) is 16.7 Å². The minimum atomic E-state index is -0.564. The van der Waals surface area contributed by atoms with Gasteiger partial charge in [-0.15, -0.1) is 15.3 Å². The summed E-state index contributed by atoms with van der Waals surface area (Å²) in [5, 5.41) is 15.6. The van der Waals surface area contributed by atoms with E-state index in [4.69, 9.17) is 4.42 Å². The lowest BCUT2D eigenvalue weighted by Gasteiger charge is -2.15. The summed E-state index contributed by atoms with van der Waals surface area (Å²) in [5.74, 6) is 0.509. The summed E-state index contributed by atoms with van der Waals surface area (Å²) in [6, 6.07) is 10.8. The lowest BCUT2D eigenvalue weighted by Crippen LogP contribution is -2.31. The Balaban J connectivity index is 1.32. The van der Waals surface area contributed by atoms with Crippen LogP contribution in [0.4, 0.5) is 5.82 Å². The molecule has 1 amide bonds. The first kappa shape index (κ1) is 17.4. The van der Waals surface area contributed by atoms with Crippen molar-refractivity contribution in [1.29, 1.82) is 0 Å². The number of carbonyl (C=O) groups is 1. The summed E-state index contributed by atoms with van der Waals surface area (Å²) in [7, 11) is 0. The highest BCUT2D eigenvalue weighted by Gasteiger charge is 2.17. The van der Waals surface area contributed by atoms with Crippen molar-refractivity contribution in [1.82, 2.24) is 29.7 Å². The lowest BCUT2D eigenvalue weighted by atomic mass is 10.3. The van der Waals surface area contributed by atoms with E-state index < -0.39 is 5.76 Å². The average Bonchev–Trinajstić information content (AvgIpc) is 3.46. The fraction of sp³-hybridized carbons (Fsp3) is 0.316. The van der Waals surface area contributed by atoms with Gasteiger partial charge in [0.15, 0.2) is 17.1 Å². The minimum absolute atomic E-state index is 0.140. The number of amides is 1. The number of nitrogens with one attached hydrogen (secondary N) is 1. The van der Waals surface area contributed by atoms with Crippen LogP contribution in [0.2, 0.25) is 0 Å². The van der Waals surface area contributed by atoms with Gasteiger partial charge in [-0.05, 0) is 37.1 Å². The molecular formula is C19H19N7O3. The minimum Gasteiger partial charge on any atom is -0.408 e. The number of para-hydroxylation sites is 2. The van der Waals surface area contributed by atoms with E-state index in [2.05, 4.69) is 25.5 Å². The maximum atomic E-state index is 12.4. The van der Waals surface area contributed by atoms with Crippen LogP contribution in [0.1, 0.15) is 18.7 Å². The first-order chi connectivity index (χ1) is 14.2.